The maximum Gasteiger partial charge on any atom is 0.270 e. The summed E-state index contributed by atoms with van der Waals surface area (Å²) in [5.41, 5.74) is 4.36. The minimum atomic E-state index is -1.38. The number of likely N-dealkylation sites (tertiary alicyclic amines) is 1. The summed E-state index contributed by atoms with van der Waals surface area (Å²) in [6.07, 6.45) is 8.15. The van der Waals surface area contributed by atoms with Crippen LogP contribution in [0.3, 0.4) is 0 Å². The second-order valence-corrected chi connectivity index (χ2v) is 12.4. The van der Waals surface area contributed by atoms with Crippen LogP contribution in [0.5, 0.6) is 5.75 Å². The number of allylic oxidation sites excluding steroid dienone is 1. The van der Waals surface area contributed by atoms with Crippen molar-refractivity contribution in [3.63, 3.8) is 0 Å². The Kier molecular flexibility index (Phi) is 11.1. The number of pyridine rings is 1. The summed E-state index contributed by atoms with van der Waals surface area (Å²) in [5.74, 6) is -0.771. The van der Waals surface area contributed by atoms with Crippen molar-refractivity contribution >= 4 is 52.7 Å². The van der Waals surface area contributed by atoms with Gasteiger partial charge in [0.1, 0.15) is 29.5 Å². The average Bonchev–Trinajstić information content (AvgIpc) is 3.83. The smallest absolute Gasteiger partial charge is 0.270 e. The summed E-state index contributed by atoms with van der Waals surface area (Å²) in [6.45, 7) is 2.81. The summed E-state index contributed by atoms with van der Waals surface area (Å²) in [5, 5.41) is 9.49. The van der Waals surface area contributed by atoms with Crippen molar-refractivity contribution < 1.29 is 27.9 Å². The van der Waals surface area contributed by atoms with Crippen LogP contribution in [0.15, 0.2) is 54.6 Å². The molecule has 3 aliphatic rings. The summed E-state index contributed by atoms with van der Waals surface area (Å²) in [7, 11) is 1.65. The lowest BCUT2D eigenvalue weighted by Gasteiger charge is -2.27. The average molecular weight is 680 g/mol. The highest BCUT2D eigenvalue weighted by Gasteiger charge is 2.40. The molecule has 3 atom stereocenters. The lowest BCUT2D eigenvalue weighted by molar-refractivity contribution is -0.138. The van der Waals surface area contributed by atoms with Crippen molar-refractivity contribution in [1.29, 1.82) is 0 Å². The number of alkyl halides is 1. The van der Waals surface area contributed by atoms with E-state index >= 15 is 0 Å². The molecule has 2 fully saturated rings. The number of carbonyl (C=O) groups excluding carboxylic acids is 3. The zero-order valence-electron chi connectivity index (χ0n) is 26.9. The van der Waals surface area contributed by atoms with Crippen molar-refractivity contribution in [2.24, 2.45) is 5.92 Å². The Labute approximate surface area is 284 Å². The quantitative estimate of drug-likeness (QED) is 0.273. The van der Waals surface area contributed by atoms with E-state index in [1.165, 1.54) is 29.2 Å². The zero-order chi connectivity index (χ0) is 33.1. The zero-order valence-corrected chi connectivity index (χ0v) is 27.7. The van der Waals surface area contributed by atoms with E-state index in [2.05, 4.69) is 45.2 Å². The van der Waals surface area contributed by atoms with Gasteiger partial charge < -0.3 is 25.6 Å². The summed E-state index contributed by atoms with van der Waals surface area (Å²) < 4.78 is 34.0. The number of methoxy groups -OCH3 is 1. The van der Waals surface area contributed by atoms with E-state index in [0.29, 0.717) is 23.4 Å². The van der Waals surface area contributed by atoms with Crippen molar-refractivity contribution in [1.82, 2.24) is 25.8 Å². The third-order valence-corrected chi connectivity index (χ3v) is 8.93. The molecular weight excluding hydrogens is 640 g/mol. The second kappa shape index (κ2) is 15.3. The van der Waals surface area contributed by atoms with Gasteiger partial charge in [-0.3, -0.25) is 14.4 Å². The number of rotatable bonds is 10. The van der Waals surface area contributed by atoms with Gasteiger partial charge in [0, 0.05) is 23.9 Å². The fourth-order valence-electron chi connectivity index (χ4n) is 6.20. The van der Waals surface area contributed by atoms with Crippen LogP contribution in [-0.2, 0) is 9.59 Å². The van der Waals surface area contributed by atoms with Gasteiger partial charge in [-0.05, 0) is 91.7 Å². The number of nitrogens with one attached hydrogen (secondary N) is 3. The van der Waals surface area contributed by atoms with Gasteiger partial charge in [-0.15, -0.1) is 12.4 Å². The molecule has 0 bridgehead atoms. The number of amides is 3. The lowest BCUT2D eigenvalue weighted by Crippen LogP contribution is -2.49. The molecular formula is C36H40ClF2N5O4. The molecule has 0 unspecified atom stereocenters. The first kappa shape index (κ1) is 35.0. The van der Waals surface area contributed by atoms with Crippen molar-refractivity contribution in [3.8, 4) is 5.75 Å². The molecule has 0 radical (unpaired) electrons. The van der Waals surface area contributed by atoms with E-state index < -0.39 is 48.3 Å². The normalized spacial score (nSPS) is 19.8. The number of halogens is 3. The highest BCUT2D eigenvalue weighted by molar-refractivity contribution is 5.97. The maximum atomic E-state index is 14.7. The van der Waals surface area contributed by atoms with Crippen LogP contribution in [0.25, 0.3) is 22.6 Å². The molecule has 3 heterocycles. The van der Waals surface area contributed by atoms with Crippen molar-refractivity contribution in [2.75, 3.05) is 33.3 Å². The molecule has 0 spiro atoms. The van der Waals surface area contributed by atoms with Crippen molar-refractivity contribution in [3.05, 3.63) is 82.8 Å². The number of benzene rings is 2. The largest absolute Gasteiger partial charge is 0.496 e. The summed E-state index contributed by atoms with van der Waals surface area (Å²) >= 11 is 0. The third-order valence-electron chi connectivity index (χ3n) is 8.93. The van der Waals surface area contributed by atoms with Gasteiger partial charge >= 0.3 is 0 Å². The number of nitrogens with zero attached hydrogens (tertiary/aromatic N) is 2. The van der Waals surface area contributed by atoms with Crippen LogP contribution >= 0.6 is 12.4 Å². The van der Waals surface area contributed by atoms with Crippen LogP contribution in [0.4, 0.5) is 8.78 Å². The van der Waals surface area contributed by atoms with Gasteiger partial charge in [0.15, 0.2) is 0 Å². The molecule has 12 heteroatoms. The van der Waals surface area contributed by atoms with Gasteiger partial charge in [-0.2, -0.15) is 0 Å². The molecule has 6 rings (SSSR count). The van der Waals surface area contributed by atoms with E-state index in [1.807, 2.05) is 13.0 Å². The molecule has 1 saturated carbocycles. The van der Waals surface area contributed by atoms with Crippen LogP contribution in [0.1, 0.15) is 65.8 Å². The first-order chi connectivity index (χ1) is 22.7. The number of aromatic nitrogens is 1. The Bertz CT molecular complexity index is 1760. The molecule has 254 valence electrons. The SMILES string of the molecule is COc1cc(/C=C/C2CC2)c([C@H](C)NC(=O)[C@@H]2C[C@@H](F)CN2C(=O)CNC(=O)c2ccc3cc(F)ccc3n2)cc1C1=CCCNC1.Cl. The molecule has 3 N–H and O–H groups in total. The molecule has 1 aromatic heterocycles. The van der Waals surface area contributed by atoms with E-state index in [0.717, 1.165) is 53.8 Å². The molecule has 3 amide bonds. The van der Waals surface area contributed by atoms with Crippen LogP contribution in [0, 0.1) is 11.7 Å². The summed E-state index contributed by atoms with van der Waals surface area (Å²) in [4.78, 5) is 45.1. The Hall–Kier alpha value is -4.35. The molecule has 48 heavy (non-hydrogen) atoms. The van der Waals surface area contributed by atoms with Gasteiger partial charge in [0.05, 0.1) is 31.8 Å². The third kappa shape index (κ3) is 8.02. The van der Waals surface area contributed by atoms with Crippen LogP contribution < -0.4 is 20.7 Å². The van der Waals surface area contributed by atoms with E-state index in [9.17, 15) is 23.2 Å². The van der Waals surface area contributed by atoms with Gasteiger partial charge in [-0.1, -0.05) is 24.3 Å². The number of hydrogen-bond acceptors (Lipinski definition) is 6. The minimum absolute atomic E-state index is 0. The first-order valence-corrected chi connectivity index (χ1v) is 16.1. The first-order valence-electron chi connectivity index (χ1n) is 16.1. The Balaban J connectivity index is 0.00000451. The second-order valence-electron chi connectivity index (χ2n) is 12.4. The minimum Gasteiger partial charge on any atom is -0.496 e. The number of fused-ring (bicyclic) bond motifs is 1. The molecule has 9 nitrogen and oxygen atoms in total. The summed E-state index contributed by atoms with van der Waals surface area (Å²) in [6, 6.07) is 9.60. The van der Waals surface area contributed by atoms with Gasteiger partial charge in [0.25, 0.3) is 5.91 Å². The highest BCUT2D eigenvalue weighted by Crippen LogP contribution is 2.36. The molecule has 3 aromatic rings. The fourth-order valence-corrected chi connectivity index (χ4v) is 6.20. The number of ether oxygens (including phenoxy) is 1. The number of hydrogen-bond donors (Lipinski definition) is 3. The standard InChI is InChI=1S/C36H39F2N5O4.ClH/c1-21(28-17-29(25-4-3-13-39-18-25)33(47-2)15-23(28)8-7-22-5-6-22)41-36(46)32-16-27(38)20-43(32)34(44)19-40-35(45)31-11-9-24-14-26(37)10-12-30(24)42-31;/h4,7-12,14-15,17,21-22,27,32,39H,3,5-6,13,16,18-20H2,1-2H3,(H,40,45)(H,41,46);1H/b8-7+;/t21-,27+,32-;/m0./s1. The molecule has 1 saturated heterocycles. The van der Waals surface area contributed by atoms with Gasteiger partial charge in [-0.25, -0.2) is 13.8 Å². The van der Waals surface area contributed by atoms with Crippen LogP contribution in [-0.4, -0.2) is 73.1 Å². The maximum absolute atomic E-state index is 14.7. The Morgan fingerprint density at radius 1 is 1.17 bits per heavy atom. The Morgan fingerprint density at radius 2 is 1.98 bits per heavy atom. The van der Waals surface area contributed by atoms with E-state index in [4.69, 9.17) is 4.74 Å². The van der Waals surface area contributed by atoms with E-state index in [1.54, 1.807) is 13.2 Å². The lowest BCUT2D eigenvalue weighted by atomic mass is 9.92. The molecule has 1 aliphatic carbocycles. The molecule has 2 aliphatic heterocycles. The monoisotopic (exact) mass is 679 g/mol. The fraction of sp³-hybridized carbons (Fsp3) is 0.389. The van der Waals surface area contributed by atoms with E-state index in [-0.39, 0.29) is 31.1 Å². The predicted molar refractivity (Wildman–Crippen MR) is 183 cm³/mol. The Morgan fingerprint density at radius 3 is 2.71 bits per heavy atom. The molecule has 2 aromatic carbocycles. The number of carbonyl (C=O) groups is 3. The van der Waals surface area contributed by atoms with Crippen molar-refractivity contribution in [2.45, 2.75) is 50.9 Å². The predicted octanol–water partition coefficient (Wildman–Crippen LogP) is 5.15. The van der Waals surface area contributed by atoms with Crippen LogP contribution in [0.2, 0.25) is 0 Å². The topological polar surface area (TPSA) is 113 Å². The highest BCUT2D eigenvalue weighted by atomic mass is 35.5. The van der Waals surface area contributed by atoms with Gasteiger partial charge in [0.2, 0.25) is 11.8 Å².